The molecule has 0 radical (unpaired) electrons. The van der Waals surface area contributed by atoms with E-state index in [1.54, 1.807) is 0 Å². The largest absolute Gasteiger partial charge is 0.493 e. The van der Waals surface area contributed by atoms with E-state index in [1.165, 1.54) is 64.6 Å². The van der Waals surface area contributed by atoms with Gasteiger partial charge < -0.3 is 9.15 Å². The first-order valence-electron chi connectivity index (χ1n) is 14.7. The number of furan rings is 1. The molecule has 0 amide bonds. The summed E-state index contributed by atoms with van der Waals surface area (Å²) in [5.74, 6) is 1.29. The van der Waals surface area contributed by atoms with E-state index in [-0.39, 0.29) is 0 Å². The van der Waals surface area contributed by atoms with Crippen LogP contribution in [0, 0.1) is 5.92 Å². The van der Waals surface area contributed by atoms with E-state index in [0.717, 1.165) is 27.7 Å². The van der Waals surface area contributed by atoms with E-state index in [0.29, 0.717) is 12.5 Å². The van der Waals surface area contributed by atoms with E-state index >= 15 is 0 Å². The maximum atomic E-state index is 6.76. The topological polar surface area (TPSA) is 22.4 Å². The predicted molar refractivity (Wildman–Crippen MR) is 179 cm³/mol. The lowest BCUT2D eigenvalue weighted by molar-refractivity contribution is 0.274. The Morgan fingerprint density at radius 2 is 1.00 bits per heavy atom. The first kappa shape index (κ1) is 23.6. The van der Waals surface area contributed by atoms with Gasteiger partial charge in [-0.15, -0.1) is 0 Å². The highest BCUT2D eigenvalue weighted by molar-refractivity contribution is 6.39. The van der Waals surface area contributed by atoms with Gasteiger partial charge >= 0.3 is 0 Å². The van der Waals surface area contributed by atoms with Crippen LogP contribution in [-0.4, -0.2) is 6.61 Å². The molecule has 0 aliphatic heterocycles. The number of hydrogen-bond acceptors (Lipinski definition) is 2. The molecule has 1 aromatic heterocycles. The number of rotatable bonds is 3. The average Bonchev–Trinajstić information content (AvgIpc) is 3.41. The van der Waals surface area contributed by atoms with Crippen molar-refractivity contribution >= 4 is 86.6 Å². The number of ether oxygens (including phenoxy) is 1. The van der Waals surface area contributed by atoms with Crippen molar-refractivity contribution in [2.75, 3.05) is 6.61 Å². The summed E-state index contributed by atoms with van der Waals surface area (Å²) in [6.07, 6.45) is 0. The Balaban J connectivity index is 1.59. The molecule has 0 spiro atoms. The molecular formula is C40H28O2. The number of hydrogen-bond donors (Lipinski definition) is 0. The minimum atomic E-state index is 0.413. The zero-order valence-electron chi connectivity index (χ0n) is 23.6. The SMILES string of the molecule is CC(C)COc1cc2oc3ccc4ccc5ccc6ccccc6c5c4c3c2c2c1ccc1ccc3ccccc3c12. The lowest BCUT2D eigenvalue weighted by atomic mass is 9.90. The van der Waals surface area contributed by atoms with Crippen LogP contribution < -0.4 is 4.74 Å². The summed E-state index contributed by atoms with van der Waals surface area (Å²) in [6.45, 7) is 5.02. The van der Waals surface area contributed by atoms with Crippen LogP contribution >= 0.6 is 0 Å². The van der Waals surface area contributed by atoms with Gasteiger partial charge in [0.15, 0.2) is 0 Å². The Kier molecular flexibility index (Phi) is 4.90. The Hall–Kier alpha value is -5.08. The molecule has 42 heavy (non-hydrogen) atoms. The van der Waals surface area contributed by atoms with E-state index < -0.39 is 0 Å². The lowest BCUT2D eigenvalue weighted by Gasteiger charge is -2.15. The van der Waals surface area contributed by atoms with Crippen molar-refractivity contribution in [1.82, 2.24) is 0 Å². The second-order valence-corrected chi connectivity index (χ2v) is 11.9. The van der Waals surface area contributed by atoms with Gasteiger partial charge in [-0.25, -0.2) is 0 Å². The highest BCUT2D eigenvalue weighted by Crippen LogP contribution is 2.47. The third kappa shape index (κ3) is 3.27. The molecular weight excluding hydrogens is 512 g/mol. The summed E-state index contributed by atoms with van der Waals surface area (Å²) in [7, 11) is 0. The third-order valence-electron chi connectivity index (χ3n) is 8.83. The van der Waals surface area contributed by atoms with Gasteiger partial charge in [0, 0.05) is 33.0 Å². The van der Waals surface area contributed by atoms with Crippen molar-refractivity contribution in [3.63, 3.8) is 0 Å². The van der Waals surface area contributed by atoms with Gasteiger partial charge in [0.1, 0.15) is 16.9 Å². The van der Waals surface area contributed by atoms with E-state index in [1.807, 2.05) is 0 Å². The summed E-state index contributed by atoms with van der Waals surface area (Å²) in [6, 6.07) is 41.8. The fourth-order valence-corrected chi connectivity index (χ4v) is 7.00. The second kappa shape index (κ2) is 8.71. The molecule has 1 heterocycles. The monoisotopic (exact) mass is 540 g/mol. The Labute approximate surface area is 242 Å². The fourth-order valence-electron chi connectivity index (χ4n) is 7.00. The summed E-state index contributed by atoms with van der Waals surface area (Å²) in [5, 5.41) is 17.1. The molecule has 0 atom stereocenters. The van der Waals surface area contributed by atoms with Crippen molar-refractivity contribution < 1.29 is 9.15 Å². The Morgan fingerprint density at radius 1 is 0.476 bits per heavy atom. The van der Waals surface area contributed by atoms with Crippen molar-refractivity contribution in [3.8, 4) is 5.75 Å². The Morgan fingerprint density at radius 3 is 1.67 bits per heavy atom. The molecule has 0 unspecified atom stereocenters. The van der Waals surface area contributed by atoms with Crippen molar-refractivity contribution in [3.05, 3.63) is 115 Å². The second-order valence-electron chi connectivity index (χ2n) is 11.9. The minimum Gasteiger partial charge on any atom is -0.493 e. The molecule has 0 saturated carbocycles. The van der Waals surface area contributed by atoms with Crippen LogP contribution in [0.15, 0.2) is 120 Å². The van der Waals surface area contributed by atoms with Gasteiger partial charge in [-0.2, -0.15) is 0 Å². The first-order chi connectivity index (χ1) is 20.7. The molecule has 9 rings (SSSR count). The number of fused-ring (bicyclic) bond motifs is 15. The first-order valence-corrected chi connectivity index (χ1v) is 14.7. The normalized spacial score (nSPS) is 12.4. The van der Waals surface area contributed by atoms with E-state index in [9.17, 15) is 0 Å². The predicted octanol–water partition coefficient (Wildman–Crippen LogP) is 11.5. The molecule has 0 bridgehead atoms. The summed E-state index contributed by atoms with van der Waals surface area (Å²) in [5.41, 5.74) is 1.76. The van der Waals surface area contributed by atoms with Crippen LogP contribution in [0.4, 0.5) is 0 Å². The lowest BCUT2D eigenvalue weighted by Crippen LogP contribution is -2.04. The maximum absolute atomic E-state index is 6.76. The summed E-state index contributed by atoms with van der Waals surface area (Å²) >= 11 is 0. The molecule has 200 valence electrons. The molecule has 9 aromatic rings. The number of benzene rings is 8. The van der Waals surface area contributed by atoms with Gasteiger partial charge in [0.2, 0.25) is 0 Å². The molecule has 0 N–H and O–H groups in total. The van der Waals surface area contributed by atoms with Crippen LogP contribution in [0.1, 0.15) is 13.8 Å². The van der Waals surface area contributed by atoms with Crippen molar-refractivity contribution in [2.45, 2.75) is 13.8 Å². The van der Waals surface area contributed by atoms with Gasteiger partial charge in [0.25, 0.3) is 0 Å². The van der Waals surface area contributed by atoms with Gasteiger partial charge in [0.05, 0.1) is 6.61 Å². The standard InChI is InChI=1S/C40H28O2/c1-23(2)22-41-33-21-34-40(38-31(33)19-17-27-14-12-25-8-4-6-10-30(25)36(27)38)39-32(42-34)20-18-28-16-15-26-13-11-24-7-3-5-9-29(24)35(26)37(28)39/h3-21,23H,22H2,1-2H3. The molecule has 0 aliphatic rings. The minimum absolute atomic E-state index is 0.413. The van der Waals surface area contributed by atoms with Crippen LogP contribution in [0.25, 0.3) is 86.6 Å². The van der Waals surface area contributed by atoms with E-state index in [2.05, 4.69) is 129 Å². The smallest absolute Gasteiger partial charge is 0.139 e. The molecule has 0 saturated heterocycles. The van der Waals surface area contributed by atoms with Gasteiger partial charge in [-0.3, -0.25) is 0 Å². The molecule has 2 nitrogen and oxygen atoms in total. The van der Waals surface area contributed by atoms with Crippen LogP contribution in [0.5, 0.6) is 5.75 Å². The molecule has 0 fully saturated rings. The van der Waals surface area contributed by atoms with E-state index in [4.69, 9.17) is 9.15 Å². The Bertz CT molecular complexity index is 2540. The third-order valence-corrected chi connectivity index (χ3v) is 8.83. The summed E-state index contributed by atoms with van der Waals surface area (Å²) in [4.78, 5) is 0. The average molecular weight is 541 g/mol. The zero-order chi connectivity index (χ0) is 27.9. The van der Waals surface area contributed by atoms with Crippen LogP contribution in [0.3, 0.4) is 0 Å². The molecule has 2 heteroatoms. The van der Waals surface area contributed by atoms with Gasteiger partial charge in [-0.05, 0) is 66.5 Å². The van der Waals surface area contributed by atoms with Crippen LogP contribution in [0.2, 0.25) is 0 Å². The van der Waals surface area contributed by atoms with Gasteiger partial charge in [-0.1, -0.05) is 111 Å². The van der Waals surface area contributed by atoms with Crippen LogP contribution in [-0.2, 0) is 0 Å². The highest BCUT2D eigenvalue weighted by atomic mass is 16.5. The fraction of sp³-hybridized carbons (Fsp3) is 0.100. The van der Waals surface area contributed by atoms with Crippen molar-refractivity contribution in [1.29, 1.82) is 0 Å². The summed E-state index contributed by atoms with van der Waals surface area (Å²) < 4.78 is 13.3. The quantitative estimate of drug-likeness (QED) is 0.208. The van der Waals surface area contributed by atoms with Crippen molar-refractivity contribution in [2.24, 2.45) is 5.92 Å². The highest BCUT2D eigenvalue weighted by Gasteiger charge is 2.21. The maximum Gasteiger partial charge on any atom is 0.139 e. The molecule has 8 aromatic carbocycles. The molecule has 0 aliphatic carbocycles. The zero-order valence-corrected chi connectivity index (χ0v) is 23.6.